The first-order valence-electron chi connectivity index (χ1n) is 7.89. The SMILES string of the molecule is CC(C)c1ccccc1S(=O)(=O)N1CCCN(CCO)CC1. The highest BCUT2D eigenvalue weighted by Gasteiger charge is 2.29. The monoisotopic (exact) mass is 326 g/mol. The maximum absolute atomic E-state index is 13.0. The molecule has 2 rings (SSSR count). The van der Waals surface area contributed by atoms with E-state index < -0.39 is 10.0 Å². The minimum atomic E-state index is -3.46. The summed E-state index contributed by atoms with van der Waals surface area (Å²) in [5.74, 6) is 0.170. The molecule has 5 nitrogen and oxygen atoms in total. The molecular formula is C16H26N2O3S. The van der Waals surface area contributed by atoms with Crippen molar-refractivity contribution in [1.82, 2.24) is 9.21 Å². The Morgan fingerprint density at radius 3 is 2.55 bits per heavy atom. The van der Waals surface area contributed by atoms with Crippen LogP contribution >= 0.6 is 0 Å². The number of nitrogens with zero attached hydrogens (tertiary/aromatic N) is 2. The lowest BCUT2D eigenvalue weighted by Crippen LogP contribution is -2.36. The number of sulfonamides is 1. The summed E-state index contributed by atoms with van der Waals surface area (Å²) in [4.78, 5) is 2.55. The maximum atomic E-state index is 13.0. The number of hydrogen-bond donors (Lipinski definition) is 1. The first kappa shape index (κ1) is 17.4. The third kappa shape index (κ3) is 3.87. The summed E-state index contributed by atoms with van der Waals surface area (Å²) in [6.07, 6.45) is 0.795. The van der Waals surface area contributed by atoms with E-state index in [2.05, 4.69) is 4.90 Å². The van der Waals surface area contributed by atoms with Gasteiger partial charge in [0.15, 0.2) is 0 Å². The molecule has 0 saturated carbocycles. The average Bonchev–Trinajstić information content (AvgIpc) is 2.74. The molecule has 0 spiro atoms. The minimum absolute atomic E-state index is 0.114. The maximum Gasteiger partial charge on any atom is 0.243 e. The van der Waals surface area contributed by atoms with Gasteiger partial charge in [0.1, 0.15) is 0 Å². The van der Waals surface area contributed by atoms with Crippen molar-refractivity contribution < 1.29 is 13.5 Å². The number of benzene rings is 1. The smallest absolute Gasteiger partial charge is 0.243 e. The Hall–Kier alpha value is -0.950. The van der Waals surface area contributed by atoms with Gasteiger partial charge in [-0.3, -0.25) is 4.90 Å². The van der Waals surface area contributed by atoms with Crippen LogP contribution in [-0.4, -0.2) is 62.1 Å². The summed E-state index contributed by atoms with van der Waals surface area (Å²) in [6, 6.07) is 7.28. The number of aliphatic hydroxyl groups excluding tert-OH is 1. The molecule has 1 aliphatic rings. The van der Waals surface area contributed by atoms with E-state index in [-0.39, 0.29) is 12.5 Å². The summed E-state index contributed by atoms with van der Waals surface area (Å²) in [5.41, 5.74) is 0.874. The third-order valence-corrected chi connectivity index (χ3v) is 6.10. The Labute approximate surface area is 133 Å². The number of β-amino-alcohol motifs (C(OH)–C–C–N with tert-alkyl or cyclic N) is 1. The fraction of sp³-hybridized carbons (Fsp3) is 0.625. The van der Waals surface area contributed by atoms with E-state index in [1.165, 1.54) is 0 Å². The lowest BCUT2D eigenvalue weighted by Gasteiger charge is -2.23. The van der Waals surface area contributed by atoms with Gasteiger partial charge in [0, 0.05) is 26.2 Å². The first-order valence-corrected chi connectivity index (χ1v) is 9.33. The van der Waals surface area contributed by atoms with Crippen LogP contribution in [-0.2, 0) is 10.0 Å². The molecule has 124 valence electrons. The van der Waals surface area contributed by atoms with Gasteiger partial charge in [0.2, 0.25) is 10.0 Å². The van der Waals surface area contributed by atoms with Crippen LogP contribution in [0, 0.1) is 0 Å². The molecule has 0 unspecified atom stereocenters. The number of rotatable bonds is 5. The zero-order valence-electron chi connectivity index (χ0n) is 13.4. The molecule has 1 fully saturated rings. The molecule has 1 saturated heterocycles. The fourth-order valence-electron chi connectivity index (χ4n) is 2.88. The zero-order chi connectivity index (χ0) is 16.2. The molecule has 1 aliphatic heterocycles. The van der Waals surface area contributed by atoms with Crippen LogP contribution in [0.15, 0.2) is 29.2 Å². The van der Waals surface area contributed by atoms with Gasteiger partial charge in [0.05, 0.1) is 11.5 Å². The Balaban J connectivity index is 2.24. The molecule has 1 aromatic rings. The van der Waals surface area contributed by atoms with E-state index in [4.69, 9.17) is 5.11 Å². The molecule has 1 aromatic carbocycles. The molecule has 0 amide bonds. The minimum Gasteiger partial charge on any atom is -0.395 e. The van der Waals surface area contributed by atoms with Gasteiger partial charge in [-0.1, -0.05) is 32.0 Å². The molecule has 0 aliphatic carbocycles. The van der Waals surface area contributed by atoms with Crippen LogP contribution in [0.25, 0.3) is 0 Å². The second-order valence-corrected chi connectivity index (χ2v) is 7.92. The molecule has 0 bridgehead atoms. The molecule has 0 aromatic heterocycles. The molecular weight excluding hydrogens is 300 g/mol. The van der Waals surface area contributed by atoms with Crippen LogP contribution in [0.1, 0.15) is 31.7 Å². The third-order valence-electron chi connectivity index (χ3n) is 4.12. The van der Waals surface area contributed by atoms with Crippen molar-refractivity contribution in [3.63, 3.8) is 0 Å². The molecule has 6 heteroatoms. The normalized spacial score (nSPS) is 18.5. The van der Waals surface area contributed by atoms with Crippen molar-refractivity contribution >= 4 is 10.0 Å². The second kappa shape index (κ2) is 7.55. The van der Waals surface area contributed by atoms with Crippen LogP contribution in [0.2, 0.25) is 0 Å². The van der Waals surface area contributed by atoms with E-state index in [9.17, 15) is 8.42 Å². The largest absolute Gasteiger partial charge is 0.395 e. The molecule has 22 heavy (non-hydrogen) atoms. The topological polar surface area (TPSA) is 60.9 Å². The van der Waals surface area contributed by atoms with Crippen molar-refractivity contribution in [2.45, 2.75) is 31.1 Å². The second-order valence-electron chi connectivity index (χ2n) is 6.02. The highest BCUT2D eigenvalue weighted by molar-refractivity contribution is 7.89. The highest BCUT2D eigenvalue weighted by atomic mass is 32.2. The average molecular weight is 326 g/mol. The van der Waals surface area contributed by atoms with Crippen LogP contribution < -0.4 is 0 Å². The number of hydrogen-bond acceptors (Lipinski definition) is 4. The fourth-order valence-corrected chi connectivity index (χ4v) is 4.71. The van der Waals surface area contributed by atoms with Gasteiger partial charge in [-0.2, -0.15) is 4.31 Å². The highest BCUT2D eigenvalue weighted by Crippen LogP contribution is 2.26. The van der Waals surface area contributed by atoms with Crippen LogP contribution in [0.5, 0.6) is 0 Å². The van der Waals surface area contributed by atoms with E-state index >= 15 is 0 Å². The Morgan fingerprint density at radius 2 is 1.86 bits per heavy atom. The molecule has 0 radical (unpaired) electrons. The summed E-state index contributed by atoms with van der Waals surface area (Å²) in [7, 11) is -3.46. The summed E-state index contributed by atoms with van der Waals surface area (Å²) in [5, 5.41) is 9.04. The van der Waals surface area contributed by atoms with Crippen LogP contribution in [0.3, 0.4) is 0 Å². The standard InChI is InChI=1S/C16H26N2O3S/c1-14(2)15-6-3-4-7-16(15)22(20,21)18-9-5-8-17(10-11-18)12-13-19/h3-4,6-7,14,19H,5,8-13H2,1-2H3. The number of aliphatic hydroxyl groups is 1. The summed E-state index contributed by atoms with van der Waals surface area (Å²) in [6.45, 7) is 7.27. The van der Waals surface area contributed by atoms with Crippen molar-refractivity contribution in [3.05, 3.63) is 29.8 Å². The quantitative estimate of drug-likeness (QED) is 0.891. The van der Waals surface area contributed by atoms with E-state index in [0.717, 1.165) is 18.5 Å². The van der Waals surface area contributed by atoms with E-state index in [0.29, 0.717) is 31.1 Å². The van der Waals surface area contributed by atoms with Crippen LogP contribution in [0.4, 0.5) is 0 Å². The summed E-state index contributed by atoms with van der Waals surface area (Å²) >= 11 is 0. The van der Waals surface area contributed by atoms with E-state index in [1.807, 2.05) is 26.0 Å². The Bertz CT molecular complexity index is 587. The predicted octanol–water partition coefficient (Wildman–Crippen LogP) is 1.50. The molecule has 1 heterocycles. The van der Waals surface area contributed by atoms with Crippen molar-refractivity contribution in [2.75, 3.05) is 39.3 Å². The van der Waals surface area contributed by atoms with E-state index in [1.54, 1.807) is 16.4 Å². The van der Waals surface area contributed by atoms with Crippen molar-refractivity contribution in [1.29, 1.82) is 0 Å². The van der Waals surface area contributed by atoms with Gasteiger partial charge in [-0.05, 0) is 30.5 Å². The van der Waals surface area contributed by atoms with Gasteiger partial charge in [-0.15, -0.1) is 0 Å². The first-order chi connectivity index (χ1) is 10.5. The van der Waals surface area contributed by atoms with Crippen molar-refractivity contribution in [2.24, 2.45) is 0 Å². The van der Waals surface area contributed by atoms with Gasteiger partial charge in [0.25, 0.3) is 0 Å². The lowest BCUT2D eigenvalue weighted by molar-refractivity contribution is 0.202. The predicted molar refractivity (Wildman–Crippen MR) is 87.4 cm³/mol. The Kier molecular flexibility index (Phi) is 5.97. The zero-order valence-corrected chi connectivity index (χ0v) is 14.2. The Morgan fingerprint density at radius 1 is 1.14 bits per heavy atom. The van der Waals surface area contributed by atoms with Gasteiger partial charge >= 0.3 is 0 Å². The molecule has 1 N–H and O–H groups in total. The summed E-state index contributed by atoms with van der Waals surface area (Å²) < 4.78 is 27.6. The lowest BCUT2D eigenvalue weighted by atomic mass is 10.0. The molecule has 0 atom stereocenters. The van der Waals surface area contributed by atoms with Crippen molar-refractivity contribution in [3.8, 4) is 0 Å². The van der Waals surface area contributed by atoms with Gasteiger partial charge in [-0.25, -0.2) is 8.42 Å². The van der Waals surface area contributed by atoms with Gasteiger partial charge < -0.3 is 5.11 Å².